The van der Waals surface area contributed by atoms with Crippen molar-refractivity contribution in [2.75, 3.05) is 39.4 Å². The van der Waals surface area contributed by atoms with Crippen molar-refractivity contribution < 1.29 is 27.9 Å². The number of carbonyl (C=O) groups is 2. The lowest BCUT2D eigenvalue weighted by Crippen LogP contribution is -2.42. The number of sulfonamides is 1. The van der Waals surface area contributed by atoms with Gasteiger partial charge >= 0.3 is 5.97 Å². The second-order valence-corrected chi connectivity index (χ2v) is 8.41. The summed E-state index contributed by atoms with van der Waals surface area (Å²) in [6.45, 7) is 1.89. The number of aliphatic carboxylic acids is 1. The lowest BCUT2D eigenvalue weighted by molar-refractivity contribution is -0.143. The van der Waals surface area contributed by atoms with Crippen molar-refractivity contribution in [3.05, 3.63) is 29.8 Å². The predicted molar refractivity (Wildman–Crippen MR) is 92.3 cm³/mol. The highest BCUT2D eigenvalue weighted by molar-refractivity contribution is 7.89. The average molecular weight is 382 g/mol. The number of rotatable bonds is 4. The van der Waals surface area contributed by atoms with Crippen LogP contribution in [0.4, 0.5) is 0 Å². The van der Waals surface area contributed by atoms with E-state index in [2.05, 4.69) is 0 Å². The van der Waals surface area contributed by atoms with Crippen molar-refractivity contribution in [2.24, 2.45) is 5.92 Å². The zero-order chi connectivity index (χ0) is 18.7. The number of benzene rings is 1. The Morgan fingerprint density at radius 2 is 1.88 bits per heavy atom. The molecule has 0 saturated carbocycles. The smallest absolute Gasteiger partial charge is 0.308 e. The summed E-state index contributed by atoms with van der Waals surface area (Å²) in [4.78, 5) is 25.5. The molecule has 0 aromatic heterocycles. The van der Waals surface area contributed by atoms with E-state index in [9.17, 15) is 23.1 Å². The van der Waals surface area contributed by atoms with E-state index in [0.29, 0.717) is 32.6 Å². The Kier molecular flexibility index (Phi) is 5.59. The van der Waals surface area contributed by atoms with E-state index in [1.54, 1.807) is 12.1 Å². The molecule has 0 spiro atoms. The highest BCUT2D eigenvalue weighted by Gasteiger charge is 2.30. The monoisotopic (exact) mass is 382 g/mol. The Bertz CT molecular complexity index is 788. The minimum absolute atomic E-state index is 0.0667. The van der Waals surface area contributed by atoms with E-state index in [0.717, 1.165) is 0 Å². The van der Waals surface area contributed by atoms with E-state index in [-0.39, 0.29) is 36.0 Å². The van der Waals surface area contributed by atoms with Gasteiger partial charge in [0.1, 0.15) is 0 Å². The van der Waals surface area contributed by atoms with Crippen molar-refractivity contribution >= 4 is 21.9 Å². The first-order valence-corrected chi connectivity index (χ1v) is 10.0. The lowest BCUT2D eigenvalue weighted by Gasteiger charge is -2.31. The molecule has 0 bridgehead atoms. The molecule has 1 atom stereocenters. The maximum absolute atomic E-state index is 12.7. The summed E-state index contributed by atoms with van der Waals surface area (Å²) in [5, 5.41) is 9.17. The average Bonchev–Trinajstić information content (AvgIpc) is 2.68. The molecule has 9 heteroatoms. The van der Waals surface area contributed by atoms with E-state index in [4.69, 9.17) is 4.74 Å². The Morgan fingerprint density at radius 3 is 2.58 bits per heavy atom. The molecule has 1 unspecified atom stereocenters. The van der Waals surface area contributed by atoms with Crippen LogP contribution in [0.3, 0.4) is 0 Å². The first-order chi connectivity index (χ1) is 12.4. The van der Waals surface area contributed by atoms with Crippen molar-refractivity contribution in [2.45, 2.75) is 17.7 Å². The first-order valence-electron chi connectivity index (χ1n) is 8.59. The summed E-state index contributed by atoms with van der Waals surface area (Å²) in [7, 11) is -3.68. The van der Waals surface area contributed by atoms with E-state index in [1.165, 1.54) is 21.3 Å². The fourth-order valence-corrected chi connectivity index (χ4v) is 4.73. The maximum Gasteiger partial charge on any atom is 0.308 e. The highest BCUT2D eigenvalue weighted by Crippen LogP contribution is 2.22. The zero-order valence-electron chi connectivity index (χ0n) is 14.3. The van der Waals surface area contributed by atoms with Crippen molar-refractivity contribution in [1.29, 1.82) is 0 Å². The first kappa shape index (κ1) is 18.8. The number of ether oxygens (including phenoxy) is 1. The van der Waals surface area contributed by atoms with Crippen molar-refractivity contribution in [3.63, 3.8) is 0 Å². The molecule has 2 aliphatic rings. The summed E-state index contributed by atoms with van der Waals surface area (Å²) < 4.78 is 32.0. The molecule has 1 N–H and O–H groups in total. The third-order valence-electron chi connectivity index (χ3n) is 4.75. The van der Waals surface area contributed by atoms with Gasteiger partial charge in [-0.1, -0.05) is 6.07 Å². The molecular weight excluding hydrogens is 360 g/mol. The number of carboxylic acid groups (broad SMARTS) is 1. The van der Waals surface area contributed by atoms with Gasteiger partial charge in [-0.3, -0.25) is 9.59 Å². The van der Waals surface area contributed by atoms with Crippen LogP contribution < -0.4 is 0 Å². The van der Waals surface area contributed by atoms with Gasteiger partial charge in [-0.2, -0.15) is 4.31 Å². The molecule has 2 saturated heterocycles. The number of hydrogen-bond donors (Lipinski definition) is 1. The van der Waals surface area contributed by atoms with Crippen molar-refractivity contribution in [1.82, 2.24) is 9.21 Å². The maximum atomic E-state index is 12.7. The van der Waals surface area contributed by atoms with E-state index in [1.807, 2.05) is 0 Å². The fourth-order valence-electron chi connectivity index (χ4n) is 3.27. The molecular formula is C17H22N2O6S. The quantitative estimate of drug-likeness (QED) is 0.820. The molecule has 0 aliphatic carbocycles. The number of morpholine rings is 1. The van der Waals surface area contributed by atoms with Crippen molar-refractivity contribution in [3.8, 4) is 0 Å². The molecule has 2 heterocycles. The molecule has 8 nitrogen and oxygen atoms in total. The molecule has 1 aromatic carbocycles. The van der Waals surface area contributed by atoms with Crippen LogP contribution in [0.5, 0.6) is 0 Å². The van der Waals surface area contributed by atoms with Crippen LogP contribution in [0.1, 0.15) is 23.2 Å². The zero-order valence-corrected chi connectivity index (χ0v) is 15.2. The summed E-state index contributed by atoms with van der Waals surface area (Å²) in [5.74, 6) is -1.82. The number of carbonyl (C=O) groups excluding carboxylic acids is 1. The van der Waals surface area contributed by atoms with Gasteiger partial charge in [0.15, 0.2) is 0 Å². The van der Waals surface area contributed by atoms with Crippen LogP contribution >= 0.6 is 0 Å². The largest absolute Gasteiger partial charge is 0.481 e. The van der Waals surface area contributed by atoms with E-state index < -0.39 is 21.9 Å². The lowest BCUT2D eigenvalue weighted by atomic mass is 9.97. The molecule has 3 rings (SSSR count). The predicted octanol–water partition coefficient (Wildman–Crippen LogP) is 0.644. The van der Waals surface area contributed by atoms with Crippen LogP contribution in [0.15, 0.2) is 29.2 Å². The molecule has 1 aromatic rings. The van der Waals surface area contributed by atoms with Crippen LogP contribution in [0, 0.1) is 5.92 Å². The van der Waals surface area contributed by atoms with Gasteiger partial charge in [-0.15, -0.1) is 0 Å². The van der Waals surface area contributed by atoms with Gasteiger partial charge in [0, 0.05) is 31.7 Å². The van der Waals surface area contributed by atoms with Gasteiger partial charge in [-0.05, 0) is 31.0 Å². The Labute approximate surface area is 152 Å². The SMILES string of the molecule is O=C(O)C1CCCN(C(=O)c2cccc(S(=O)(=O)N3CCOCC3)c2)C1. The Balaban J connectivity index is 1.80. The number of likely N-dealkylation sites (tertiary alicyclic amines) is 1. The van der Waals surface area contributed by atoms with Gasteiger partial charge < -0.3 is 14.7 Å². The molecule has 1 amide bonds. The number of hydrogen-bond acceptors (Lipinski definition) is 5. The third-order valence-corrected chi connectivity index (χ3v) is 6.64. The molecule has 142 valence electrons. The summed E-state index contributed by atoms with van der Waals surface area (Å²) >= 11 is 0. The molecule has 2 fully saturated rings. The van der Waals surface area contributed by atoms with Crippen LogP contribution in [0.2, 0.25) is 0 Å². The normalized spacial score (nSPS) is 22.2. The number of nitrogens with zero attached hydrogens (tertiary/aromatic N) is 2. The number of piperidine rings is 1. The Morgan fingerprint density at radius 1 is 1.15 bits per heavy atom. The van der Waals surface area contributed by atoms with E-state index >= 15 is 0 Å². The van der Waals surface area contributed by atoms with Crippen LogP contribution in [-0.2, 0) is 19.6 Å². The van der Waals surface area contributed by atoms with Gasteiger partial charge in [0.2, 0.25) is 10.0 Å². The van der Waals surface area contributed by atoms with Gasteiger partial charge in [0.25, 0.3) is 5.91 Å². The fraction of sp³-hybridized carbons (Fsp3) is 0.529. The summed E-state index contributed by atoms with van der Waals surface area (Å²) in [6.07, 6.45) is 1.17. The second kappa shape index (κ2) is 7.73. The Hall–Kier alpha value is -1.97. The molecule has 26 heavy (non-hydrogen) atoms. The number of carboxylic acids is 1. The number of amides is 1. The van der Waals surface area contributed by atoms with Crippen LogP contribution in [-0.4, -0.2) is 74.0 Å². The summed E-state index contributed by atoms with van der Waals surface area (Å²) in [6, 6.07) is 5.94. The van der Waals surface area contributed by atoms with Gasteiger partial charge in [0.05, 0.1) is 24.0 Å². The second-order valence-electron chi connectivity index (χ2n) is 6.47. The molecule has 2 aliphatic heterocycles. The van der Waals surface area contributed by atoms with Crippen LogP contribution in [0.25, 0.3) is 0 Å². The topological polar surface area (TPSA) is 104 Å². The standard InChI is InChI=1S/C17H22N2O6S/c20-16(18-6-2-4-14(12-18)17(21)22)13-3-1-5-15(11-13)26(23,24)19-7-9-25-10-8-19/h1,3,5,11,14H,2,4,6-10,12H2,(H,21,22). The highest BCUT2D eigenvalue weighted by atomic mass is 32.2. The van der Waals surface area contributed by atoms with Gasteiger partial charge in [-0.25, -0.2) is 8.42 Å². The third kappa shape index (κ3) is 3.89. The minimum atomic E-state index is -3.68. The molecule has 0 radical (unpaired) electrons. The summed E-state index contributed by atoms with van der Waals surface area (Å²) in [5.41, 5.74) is 0.255. The minimum Gasteiger partial charge on any atom is -0.481 e.